The summed E-state index contributed by atoms with van der Waals surface area (Å²) in [5.41, 5.74) is 1.87. The van der Waals surface area contributed by atoms with Crippen molar-refractivity contribution in [1.29, 1.82) is 0 Å². The first kappa shape index (κ1) is 18.1. The van der Waals surface area contributed by atoms with Gasteiger partial charge in [-0.05, 0) is 30.4 Å². The Morgan fingerprint density at radius 2 is 1.58 bits per heavy atom. The van der Waals surface area contributed by atoms with E-state index in [1.807, 2.05) is 50.5 Å². The molecule has 2 rings (SSSR count). The molecule has 0 bridgehead atoms. The average molecular weight is 327 g/mol. The van der Waals surface area contributed by atoms with E-state index in [9.17, 15) is 9.59 Å². The molecule has 24 heavy (non-hydrogen) atoms. The number of Topliss-reactive ketones (excluding diaryl/α,β-unsaturated/α-hetero) is 2. The van der Waals surface area contributed by atoms with Gasteiger partial charge in [0.25, 0.3) is 0 Å². The van der Waals surface area contributed by atoms with Crippen LogP contribution in [-0.2, 0) is 4.79 Å². The number of hydrogen-bond donors (Lipinski definition) is 1. The van der Waals surface area contributed by atoms with E-state index in [-0.39, 0.29) is 18.2 Å². The lowest BCUT2D eigenvalue weighted by Crippen LogP contribution is -2.10. The molecule has 4 heteroatoms. The molecule has 0 saturated carbocycles. The fraction of sp³-hybridized carbons (Fsp3) is 0.400. The van der Waals surface area contributed by atoms with Crippen molar-refractivity contribution in [2.45, 2.75) is 32.1 Å². The maximum Gasteiger partial charge on any atom is 0.163 e. The fourth-order valence-electron chi connectivity index (χ4n) is 2.91. The first-order chi connectivity index (χ1) is 11.5. The van der Waals surface area contributed by atoms with Crippen LogP contribution in [-0.4, -0.2) is 37.4 Å². The maximum atomic E-state index is 12.6. The van der Waals surface area contributed by atoms with E-state index in [0.717, 1.165) is 41.3 Å². The molecule has 0 amide bonds. The summed E-state index contributed by atoms with van der Waals surface area (Å²) in [5, 5.41) is 10.8. The van der Waals surface area contributed by atoms with Crippen molar-refractivity contribution in [2.24, 2.45) is 0 Å². The maximum absolute atomic E-state index is 12.6. The molecular weight excluding hydrogens is 302 g/mol. The molecule has 128 valence electrons. The lowest BCUT2D eigenvalue weighted by Gasteiger charge is -2.17. The number of ketones is 2. The number of anilines is 1. The van der Waals surface area contributed by atoms with Crippen molar-refractivity contribution >= 4 is 28.0 Å². The second kappa shape index (κ2) is 8.60. The molecule has 0 atom stereocenters. The van der Waals surface area contributed by atoms with Gasteiger partial charge in [-0.2, -0.15) is 0 Å². The van der Waals surface area contributed by atoms with Crippen LogP contribution in [0.5, 0.6) is 0 Å². The van der Waals surface area contributed by atoms with Crippen LogP contribution in [0.15, 0.2) is 36.4 Å². The molecule has 0 saturated heterocycles. The zero-order chi connectivity index (χ0) is 17.5. The number of hydrogen-bond acceptors (Lipinski definition) is 4. The Labute approximate surface area is 143 Å². The summed E-state index contributed by atoms with van der Waals surface area (Å²) in [4.78, 5) is 25.7. The van der Waals surface area contributed by atoms with Crippen molar-refractivity contribution in [2.75, 3.05) is 25.6 Å². The van der Waals surface area contributed by atoms with Crippen LogP contribution in [0, 0.1) is 0 Å². The van der Waals surface area contributed by atoms with Gasteiger partial charge in [0.2, 0.25) is 0 Å². The standard InChI is InChI=1S/C20H25NO3/c1-21(2)19-13-12-18(16-9-6-7-10-17(16)19)20(24)11-5-3-4-8-15(23)14-22/h6-7,9-10,12-13,22H,3-5,8,11,14H2,1-2H3. The van der Waals surface area contributed by atoms with Gasteiger partial charge in [-0.3, -0.25) is 9.59 Å². The molecule has 2 aromatic rings. The van der Waals surface area contributed by atoms with Crippen LogP contribution in [0.2, 0.25) is 0 Å². The van der Waals surface area contributed by atoms with Gasteiger partial charge >= 0.3 is 0 Å². The molecule has 0 aliphatic carbocycles. The molecule has 0 aliphatic heterocycles. The molecule has 0 spiro atoms. The van der Waals surface area contributed by atoms with Crippen LogP contribution < -0.4 is 4.90 Å². The van der Waals surface area contributed by atoms with Gasteiger partial charge in [0.1, 0.15) is 6.61 Å². The average Bonchev–Trinajstić information content (AvgIpc) is 2.59. The summed E-state index contributed by atoms with van der Waals surface area (Å²) in [6, 6.07) is 11.9. The van der Waals surface area contributed by atoms with Crippen molar-refractivity contribution in [3.8, 4) is 0 Å². The Morgan fingerprint density at radius 1 is 0.917 bits per heavy atom. The molecule has 2 aromatic carbocycles. The van der Waals surface area contributed by atoms with Crippen LogP contribution in [0.25, 0.3) is 10.8 Å². The van der Waals surface area contributed by atoms with Crippen molar-refractivity contribution < 1.29 is 14.7 Å². The zero-order valence-electron chi connectivity index (χ0n) is 14.4. The van der Waals surface area contributed by atoms with E-state index in [4.69, 9.17) is 5.11 Å². The number of carbonyl (C=O) groups excluding carboxylic acids is 2. The summed E-state index contributed by atoms with van der Waals surface area (Å²) < 4.78 is 0. The molecule has 0 heterocycles. The minimum Gasteiger partial charge on any atom is -0.389 e. The van der Waals surface area contributed by atoms with Crippen LogP contribution in [0.4, 0.5) is 5.69 Å². The van der Waals surface area contributed by atoms with Crippen molar-refractivity contribution in [3.63, 3.8) is 0 Å². The van der Waals surface area contributed by atoms with Gasteiger partial charge in [-0.1, -0.05) is 30.7 Å². The highest BCUT2D eigenvalue weighted by Gasteiger charge is 2.13. The van der Waals surface area contributed by atoms with E-state index in [2.05, 4.69) is 4.90 Å². The molecule has 1 N–H and O–H groups in total. The zero-order valence-corrected chi connectivity index (χ0v) is 14.4. The number of aliphatic hydroxyl groups excluding tert-OH is 1. The summed E-state index contributed by atoms with van der Waals surface area (Å²) in [6.45, 7) is -0.386. The van der Waals surface area contributed by atoms with E-state index < -0.39 is 0 Å². The molecule has 0 aliphatic rings. The Kier molecular flexibility index (Phi) is 6.50. The predicted molar refractivity (Wildman–Crippen MR) is 97.8 cm³/mol. The topological polar surface area (TPSA) is 57.6 Å². The molecule has 0 radical (unpaired) electrons. The van der Waals surface area contributed by atoms with Crippen molar-refractivity contribution in [3.05, 3.63) is 42.0 Å². The van der Waals surface area contributed by atoms with Gasteiger partial charge in [-0.25, -0.2) is 0 Å². The van der Waals surface area contributed by atoms with Gasteiger partial charge < -0.3 is 10.0 Å². The Balaban J connectivity index is 2.05. The normalized spacial score (nSPS) is 10.8. The van der Waals surface area contributed by atoms with E-state index in [0.29, 0.717) is 12.8 Å². The highest BCUT2D eigenvalue weighted by molar-refractivity contribution is 6.11. The molecular formula is C20H25NO3. The number of benzene rings is 2. The smallest absolute Gasteiger partial charge is 0.163 e. The van der Waals surface area contributed by atoms with Crippen molar-refractivity contribution in [1.82, 2.24) is 0 Å². The van der Waals surface area contributed by atoms with Gasteiger partial charge in [0.15, 0.2) is 11.6 Å². The van der Waals surface area contributed by atoms with E-state index >= 15 is 0 Å². The molecule has 0 unspecified atom stereocenters. The first-order valence-corrected chi connectivity index (χ1v) is 8.39. The fourth-order valence-corrected chi connectivity index (χ4v) is 2.91. The SMILES string of the molecule is CN(C)c1ccc(C(=O)CCCCCC(=O)CO)c2ccccc12. The minimum atomic E-state index is -0.386. The highest BCUT2D eigenvalue weighted by Crippen LogP contribution is 2.29. The number of unbranched alkanes of at least 4 members (excludes halogenated alkanes) is 2. The second-order valence-electron chi connectivity index (χ2n) is 6.25. The summed E-state index contributed by atoms with van der Waals surface area (Å²) >= 11 is 0. The largest absolute Gasteiger partial charge is 0.389 e. The quantitative estimate of drug-likeness (QED) is 0.565. The number of fused-ring (bicyclic) bond motifs is 1. The summed E-state index contributed by atoms with van der Waals surface area (Å²) in [6.07, 6.45) is 3.20. The van der Waals surface area contributed by atoms with E-state index in [1.165, 1.54) is 0 Å². The monoisotopic (exact) mass is 327 g/mol. The number of rotatable bonds is 9. The highest BCUT2D eigenvalue weighted by atomic mass is 16.3. The molecule has 0 aromatic heterocycles. The van der Waals surface area contributed by atoms with Crippen LogP contribution >= 0.6 is 0 Å². The number of nitrogens with zero attached hydrogens (tertiary/aromatic N) is 1. The third-order valence-corrected chi connectivity index (χ3v) is 4.22. The Bertz CT molecular complexity index is 722. The Morgan fingerprint density at radius 3 is 2.25 bits per heavy atom. The van der Waals surface area contributed by atoms with Gasteiger partial charge in [0.05, 0.1) is 0 Å². The Hall–Kier alpha value is -2.20. The van der Waals surface area contributed by atoms with Gasteiger partial charge in [-0.15, -0.1) is 0 Å². The lowest BCUT2D eigenvalue weighted by atomic mass is 9.96. The number of carbonyl (C=O) groups is 2. The summed E-state index contributed by atoms with van der Waals surface area (Å²) in [5.74, 6) is 0.0107. The summed E-state index contributed by atoms with van der Waals surface area (Å²) in [7, 11) is 3.99. The van der Waals surface area contributed by atoms with E-state index in [1.54, 1.807) is 0 Å². The lowest BCUT2D eigenvalue weighted by molar-refractivity contribution is -0.121. The minimum absolute atomic E-state index is 0.133. The second-order valence-corrected chi connectivity index (χ2v) is 6.25. The van der Waals surface area contributed by atoms with Crippen LogP contribution in [0.3, 0.4) is 0 Å². The molecule has 4 nitrogen and oxygen atoms in total. The van der Waals surface area contributed by atoms with Crippen LogP contribution in [0.1, 0.15) is 42.5 Å². The molecule has 0 fully saturated rings. The first-order valence-electron chi connectivity index (χ1n) is 8.39. The predicted octanol–water partition coefficient (Wildman–Crippen LogP) is 3.60. The third kappa shape index (κ3) is 4.42. The number of aliphatic hydroxyl groups is 1. The third-order valence-electron chi connectivity index (χ3n) is 4.22. The van der Waals surface area contributed by atoms with Gasteiger partial charge in [0, 0.05) is 43.6 Å².